The molecule has 0 saturated carbocycles. The van der Waals surface area contributed by atoms with Gasteiger partial charge in [0.25, 0.3) is 5.56 Å². The predicted molar refractivity (Wildman–Crippen MR) is 80.2 cm³/mol. The van der Waals surface area contributed by atoms with E-state index < -0.39 is 11.2 Å². The molecule has 1 heterocycles. The molecular weight excluding hydrogens is 299 g/mol. The van der Waals surface area contributed by atoms with Gasteiger partial charge in [0.2, 0.25) is 0 Å². The van der Waals surface area contributed by atoms with Crippen molar-refractivity contribution in [2.45, 2.75) is 0 Å². The van der Waals surface area contributed by atoms with Gasteiger partial charge in [0.1, 0.15) is 0 Å². The van der Waals surface area contributed by atoms with Crippen molar-refractivity contribution in [2.75, 3.05) is 0 Å². The minimum absolute atomic E-state index is 0.383. The molecule has 20 heavy (non-hydrogen) atoms. The van der Waals surface area contributed by atoms with Crippen molar-refractivity contribution >= 4 is 34.1 Å². The maximum Gasteiger partial charge on any atom is 0.333 e. The third-order valence-electron chi connectivity index (χ3n) is 2.93. The Morgan fingerprint density at radius 3 is 2.45 bits per heavy atom. The first-order valence-corrected chi connectivity index (χ1v) is 6.52. The van der Waals surface area contributed by atoms with Crippen LogP contribution in [-0.4, -0.2) is 9.55 Å². The van der Waals surface area contributed by atoms with E-state index in [2.05, 4.69) is 4.98 Å². The second kappa shape index (κ2) is 4.81. The van der Waals surface area contributed by atoms with Crippen LogP contribution in [0.15, 0.2) is 52.1 Å². The fourth-order valence-electron chi connectivity index (χ4n) is 2.04. The molecule has 4 nitrogen and oxygen atoms in total. The van der Waals surface area contributed by atoms with Gasteiger partial charge in [-0.3, -0.25) is 4.79 Å². The van der Waals surface area contributed by atoms with Gasteiger partial charge in [-0.2, -0.15) is 0 Å². The van der Waals surface area contributed by atoms with Gasteiger partial charge in [0.05, 0.1) is 16.6 Å². The number of hydrogen-bond donors (Lipinski definition) is 1. The van der Waals surface area contributed by atoms with Crippen molar-refractivity contribution in [2.24, 2.45) is 0 Å². The highest BCUT2D eigenvalue weighted by Gasteiger charge is 2.09. The Hall–Kier alpha value is -2.04. The lowest BCUT2D eigenvalue weighted by atomic mass is 10.2. The Kier molecular flexibility index (Phi) is 3.12. The summed E-state index contributed by atoms with van der Waals surface area (Å²) in [6, 6.07) is 11.3. The normalized spacial score (nSPS) is 10.9. The largest absolute Gasteiger partial charge is 0.333 e. The van der Waals surface area contributed by atoms with Gasteiger partial charge in [-0.05, 0) is 36.4 Å². The van der Waals surface area contributed by atoms with Crippen LogP contribution >= 0.6 is 23.2 Å². The van der Waals surface area contributed by atoms with Crippen LogP contribution in [0.3, 0.4) is 0 Å². The van der Waals surface area contributed by atoms with Gasteiger partial charge >= 0.3 is 5.69 Å². The highest BCUT2D eigenvalue weighted by molar-refractivity contribution is 6.31. The van der Waals surface area contributed by atoms with E-state index >= 15 is 0 Å². The van der Waals surface area contributed by atoms with Crippen LogP contribution in [0, 0.1) is 0 Å². The van der Waals surface area contributed by atoms with E-state index in [4.69, 9.17) is 23.2 Å². The summed E-state index contributed by atoms with van der Waals surface area (Å²) in [5.74, 6) is 0. The standard InChI is InChI=1S/C14H8Cl2N2O2/c15-8-2-1-3-10(6-8)18-13(19)11-5-4-9(16)7-12(11)17-14(18)20/h1-7H,(H,17,20). The summed E-state index contributed by atoms with van der Waals surface area (Å²) in [4.78, 5) is 27.2. The van der Waals surface area contributed by atoms with Crippen molar-refractivity contribution in [3.8, 4) is 5.69 Å². The van der Waals surface area contributed by atoms with Crippen LogP contribution < -0.4 is 11.2 Å². The molecule has 0 atom stereocenters. The van der Waals surface area contributed by atoms with Crippen LogP contribution in [0.5, 0.6) is 0 Å². The Bertz CT molecular complexity index is 928. The molecule has 100 valence electrons. The molecule has 1 aromatic heterocycles. The highest BCUT2D eigenvalue weighted by Crippen LogP contribution is 2.15. The molecule has 0 aliphatic carbocycles. The van der Waals surface area contributed by atoms with E-state index in [0.717, 1.165) is 4.57 Å². The Labute approximate surface area is 123 Å². The lowest BCUT2D eigenvalue weighted by Gasteiger charge is -2.06. The average Bonchev–Trinajstić information content (AvgIpc) is 2.38. The minimum Gasteiger partial charge on any atom is -0.306 e. The van der Waals surface area contributed by atoms with Crippen LogP contribution in [0.1, 0.15) is 0 Å². The molecule has 0 bridgehead atoms. The van der Waals surface area contributed by atoms with Crippen LogP contribution in [0.2, 0.25) is 10.0 Å². The van der Waals surface area contributed by atoms with Crippen molar-refractivity contribution in [1.82, 2.24) is 9.55 Å². The van der Waals surface area contributed by atoms with E-state index in [-0.39, 0.29) is 0 Å². The molecule has 0 aliphatic rings. The number of aromatic nitrogens is 2. The van der Waals surface area contributed by atoms with Crippen LogP contribution in [0.25, 0.3) is 16.6 Å². The SMILES string of the molecule is O=c1[nH]c2cc(Cl)ccc2c(=O)n1-c1cccc(Cl)c1. The molecule has 0 radical (unpaired) electrons. The molecule has 0 amide bonds. The molecule has 0 aliphatic heterocycles. The number of benzene rings is 2. The molecule has 0 fully saturated rings. The van der Waals surface area contributed by atoms with Gasteiger partial charge in [0, 0.05) is 10.0 Å². The van der Waals surface area contributed by atoms with Crippen molar-refractivity contribution < 1.29 is 0 Å². The Balaban J connectivity index is 2.41. The third-order valence-corrected chi connectivity index (χ3v) is 3.40. The maximum atomic E-state index is 12.4. The van der Waals surface area contributed by atoms with Crippen molar-refractivity contribution in [3.05, 3.63) is 73.3 Å². The highest BCUT2D eigenvalue weighted by atomic mass is 35.5. The number of hydrogen-bond acceptors (Lipinski definition) is 2. The molecule has 1 N–H and O–H groups in total. The molecule has 6 heteroatoms. The monoisotopic (exact) mass is 306 g/mol. The van der Waals surface area contributed by atoms with E-state index in [1.165, 1.54) is 0 Å². The zero-order valence-corrected chi connectivity index (χ0v) is 11.6. The summed E-state index contributed by atoms with van der Waals surface area (Å²) in [6.45, 7) is 0. The predicted octanol–water partition coefficient (Wildman–Crippen LogP) is 2.99. The number of aromatic amines is 1. The molecule has 0 saturated heterocycles. The third kappa shape index (κ3) is 2.13. The molecule has 2 aromatic carbocycles. The van der Waals surface area contributed by atoms with Gasteiger partial charge in [-0.15, -0.1) is 0 Å². The number of halogens is 2. The lowest BCUT2D eigenvalue weighted by molar-refractivity contribution is 0.901. The van der Waals surface area contributed by atoms with Crippen molar-refractivity contribution in [3.63, 3.8) is 0 Å². The Morgan fingerprint density at radius 2 is 1.70 bits per heavy atom. The number of nitrogens with one attached hydrogen (secondary N) is 1. The number of rotatable bonds is 1. The summed E-state index contributed by atoms with van der Waals surface area (Å²) >= 11 is 11.7. The number of fused-ring (bicyclic) bond motifs is 1. The van der Waals surface area contributed by atoms with Crippen molar-refractivity contribution in [1.29, 1.82) is 0 Å². The van der Waals surface area contributed by atoms with Gasteiger partial charge < -0.3 is 4.98 Å². The number of nitrogens with zero attached hydrogens (tertiary/aromatic N) is 1. The van der Waals surface area contributed by atoms with E-state index in [1.807, 2.05) is 0 Å². The lowest BCUT2D eigenvalue weighted by Crippen LogP contribution is -2.33. The van der Waals surface area contributed by atoms with Gasteiger partial charge in [-0.25, -0.2) is 9.36 Å². The van der Waals surface area contributed by atoms with Gasteiger partial charge in [0.15, 0.2) is 0 Å². The summed E-state index contributed by atoms with van der Waals surface area (Å²) in [6.07, 6.45) is 0. The second-order valence-electron chi connectivity index (χ2n) is 4.24. The summed E-state index contributed by atoms with van der Waals surface area (Å²) in [5, 5.41) is 1.28. The maximum absolute atomic E-state index is 12.4. The molecular formula is C14H8Cl2N2O2. The van der Waals surface area contributed by atoms with Crippen LogP contribution in [-0.2, 0) is 0 Å². The summed E-state index contributed by atoms with van der Waals surface area (Å²) in [5.41, 5.74) is -0.124. The fraction of sp³-hybridized carbons (Fsp3) is 0. The topological polar surface area (TPSA) is 54.9 Å². The molecule has 3 rings (SSSR count). The summed E-state index contributed by atoms with van der Waals surface area (Å²) < 4.78 is 1.04. The van der Waals surface area contributed by atoms with E-state index in [1.54, 1.807) is 42.5 Å². The zero-order chi connectivity index (χ0) is 14.3. The van der Waals surface area contributed by atoms with E-state index in [0.29, 0.717) is 26.6 Å². The fourth-order valence-corrected chi connectivity index (χ4v) is 2.40. The first-order chi connectivity index (χ1) is 9.56. The van der Waals surface area contributed by atoms with Gasteiger partial charge in [-0.1, -0.05) is 29.3 Å². The quantitative estimate of drug-likeness (QED) is 0.751. The Morgan fingerprint density at radius 1 is 0.950 bits per heavy atom. The second-order valence-corrected chi connectivity index (χ2v) is 5.11. The first-order valence-electron chi connectivity index (χ1n) is 5.77. The van der Waals surface area contributed by atoms with Crippen LogP contribution in [0.4, 0.5) is 0 Å². The minimum atomic E-state index is -0.535. The molecule has 0 unspecified atom stereocenters. The summed E-state index contributed by atoms with van der Waals surface area (Å²) in [7, 11) is 0. The first kappa shape index (κ1) is 13.0. The smallest absolute Gasteiger partial charge is 0.306 e. The molecule has 0 spiro atoms. The average molecular weight is 307 g/mol. The van der Waals surface area contributed by atoms with E-state index in [9.17, 15) is 9.59 Å². The molecule has 3 aromatic rings. The number of H-pyrrole nitrogens is 1. The zero-order valence-electron chi connectivity index (χ0n) is 10.1.